The van der Waals surface area contributed by atoms with E-state index in [-0.39, 0.29) is 26.3 Å². The fourth-order valence-corrected chi connectivity index (χ4v) is 1.68. The summed E-state index contributed by atoms with van der Waals surface area (Å²) in [6.45, 7) is 4.90. The predicted molar refractivity (Wildman–Crippen MR) is 69.0 cm³/mol. The van der Waals surface area contributed by atoms with Crippen molar-refractivity contribution in [2.75, 3.05) is 19.8 Å². The molecule has 1 atom stereocenters. The topological polar surface area (TPSA) is 105 Å². The van der Waals surface area contributed by atoms with Gasteiger partial charge in [0.15, 0.2) is 5.60 Å². The molecular formula is C13H20O8. The van der Waals surface area contributed by atoms with Gasteiger partial charge in [-0.1, -0.05) is 0 Å². The SMILES string of the molecule is CCOC(=O)CC(CC(=O)OC=O)(OCC)C(=O)OCC. The summed E-state index contributed by atoms with van der Waals surface area (Å²) in [7, 11) is 0. The van der Waals surface area contributed by atoms with Crippen LogP contribution in [0.3, 0.4) is 0 Å². The molecule has 0 radical (unpaired) electrons. The Hall–Kier alpha value is -1.96. The molecular weight excluding hydrogens is 284 g/mol. The normalized spacial score (nSPS) is 12.9. The maximum absolute atomic E-state index is 12.1. The predicted octanol–water partition coefficient (Wildman–Crippen LogP) is 0.368. The monoisotopic (exact) mass is 304 g/mol. The highest BCUT2D eigenvalue weighted by atomic mass is 16.6. The molecule has 0 rings (SSSR count). The van der Waals surface area contributed by atoms with Crippen molar-refractivity contribution >= 4 is 24.4 Å². The molecule has 0 aromatic heterocycles. The lowest BCUT2D eigenvalue weighted by Gasteiger charge is -2.29. The van der Waals surface area contributed by atoms with Gasteiger partial charge in [-0.25, -0.2) is 4.79 Å². The maximum atomic E-state index is 12.1. The van der Waals surface area contributed by atoms with Crippen molar-refractivity contribution in [3.63, 3.8) is 0 Å². The number of ether oxygens (including phenoxy) is 4. The molecule has 0 aromatic rings. The fourth-order valence-electron chi connectivity index (χ4n) is 1.68. The van der Waals surface area contributed by atoms with E-state index in [1.807, 2.05) is 0 Å². The largest absolute Gasteiger partial charge is 0.466 e. The third kappa shape index (κ3) is 6.35. The Balaban J connectivity index is 5.30. The van der Waals surface area contributed by atoms with E-state index < -0.39 is 36.4 Å². The van der Waals surface area contributed by atoms with Crippen molar-refractivity contribution in [2.45, 2.75) is 39.2 Å². The molecule has 8 heteroatoms. The molecule has 0 bridgehead atoms. The third-order valence-electron chi connectivity index (χ3n) is 2.41. The number of esters is 3. The van der Waals surface area contributed by atoms with Crippen LogP contribution in [0.15, 0.2) is 0 Å². The molecule has 0 fully saturated rings. The molecule has 0 spiro atoms. The zero-order valence-electron chi connectivity index (χ0n) is 12.4. The van der Waals surface area contributed by atoms with Crippen molar-refractivity contribution < 1.29 is 38.1 Å². The van der Waals surface area contributed by atoms with E-state index >= 15 is 0 Å². The minimum Gasteiger partial charge on any atom is -0.466 e. The van der Waals surface area contributed by atoms with E-state index in [0.29, 0.717) is 0 Å². The van der Waals surface area contributed by atoms with Gasteiger partial charge in [-0.15, -0.1) is 0 Å². The van der Waals surface area contributed by atoms with Crippen LogP contribution in [-0.4, -0.2) is 49.8 Å². The van der Waals surface area contributed by atoms with E-state index in [0.717, 1.165) is 0 Å². The Morgan fingerprint density at radius 2 is 1.48 bits per heavy atom. The zero-order valence-corrected chi connectivity index (χ0v) is 12.4. The van der Waals surface area contributed by atoms with E-state index in [1.165, 1.54) is 0 Å². The summed E-state index contributed by atoms with van der Waals surface area (Å²) >= 11 is 0. The second-order valence-electron chi connectivity index (χ2n) is 3.89. The second-order valence-corrected chi connectivity index (χ2v) is 3.89. The Labute approximate surface area is 122 Å². The quantitative estimate of drug-likeness (QED) is 0.247. The van der Waals surface area contributed by atoms with Crippen LogP contribution in [0, 0.1) is 0 Å². The number of rotatable bonds is 10. The van der Waals surface area contributed by atoms with Crippen molar-refractivity contribution in [1.29, 1.82) is 0 Å². The molecule has 0 aliphatic heterocycles. The highest BCUT2D eigenvalue weighted by molar-refractivity contribution is 5.91. The number of hydrogen-bond acceptors (Lipinski definition) is 8. The fraction of sp³-hybridized carbons (Fsp3) is 0.692. The van der Waals surface area contributed by atoms with E-state index in [1.54, 1.807) is 20.8 Å². The molecule has 0 aromatic carbocycles. The van der Waals surface area contributed by atoms with Crippen LogP contribution in [0.2, 0.25) is 0 Å². The molecule has 0 amide bonds. The molecule has 0 saturated carbocycles. The van der Waals surface area contributed by atoms with Crippen molar-refractivity contribution in [2.24, 2.45) is 0 Å². The highest BCUT2D eigenvalue weighted by Gasteiger charge is 2.46. The molecule has 0 saturated heterocycles. The van der Waals surface area contributed by atoms with E-state index in [9.17, 15) is 19.2 Å². The van der Waals surface area contributed by atoms with Gasteiger partial charge in [0.25, 0.3) is 0 Å². The summed E-state index contributed by atoms with van der Waals surface area (Å²) in [4.78, 5) is 45.4. The van der Waals surface area contributed by atoms with Crippen LogP contribution in [-0.2, 0) is 38.1 Å². The van der Waals surface area contributed by atoms with Crippen molar-refractivity contribution in [3.8, 4) is 0 Å². The lowest BCUT2D eigenvalue weighted by atomic mass is 9.95. The molecule has 0 aliphatic rings. The first-order chi connectivity index (χ1) is 9.95. The van der Waals surface area contributed by atoms with Crippen LogP contribution in [0.5, 0.6) is 0 Å². The highest BCUT2D eigenvalue weighted by Crippen LogP contribution is 2.25. The first-order valence-electron chi connectivity index (χ1n) is 6.55. The van der Waals surface area contributed by atoms with E-state index in [2.05, 4.69) is 4.74 Å². The number of carbonyl (C=O) groups is 4. The van der Waals surface area contributed by atoms with Gasteiger partial charge in [-0.2, -0.15) is 0 Å². The van der Waals surface area contributed by atoms with Gasteiger partial charge >= 0.3 is 24.4 Å². The van der Waals surface area contributed by atoms with Crippen LogP contribution in [0.4, 0.5) is 0 Å². The van der Waals surface area contributed by atoms with Gasteiger partial charge in [0.05, 0.1) is 26.1 Å². The van der Waals surface area contributed by atoms with Gasteiger partial charge in [0, 0.05) is 6.61 Å². The average molecular weight is 304 g/mol. The van der Waals surface area contributed by atoms with Crippen LogP contribution < -0.4 is 0 Å². The summed E-state index contributed by atoms with van der Waals surface area (Å²) < 4.78 is 19.1. The van der Waals surface area contributed by atoms with Gasteiger partial charge in [-0.3, -0.25) is 14.4 Å². The minimum atomic E-state index is -1.86. The Bertz CT molecular complexity index is 378. The van der Waals surface area contributed by atoms with Gasteiger partial charge < -0.3 is 18.9 Å². The van der Waals surface area contributed by atoms with E-state index in [4.69, 9.17) is 14.2 Å². The summed E-state index contributed by atoms with van der Waals surface area (Å²) in [6.07, 6.45) is -1.14. The number of carbonyl (C=O) groups excluding carboxylic acids is 4. The molecule has 0 N–H and O–H groups in total. The summed E-state index contributed by atoms with van der Waals surface area (Å²) in [6, 6.07) is 0. The van der Waals surface area contributed by atoms with Gasteiger partial charge in [-0.05, 0) is 20.8 Å². The van der Waals surface area contributed by atoms with Crippen molar-refractivity contribution in [1.82, 2.24) is 0 Å². The Morgan fingerprint density at radius 1 is 0.905 bits per heavy atom. The Kier molecular flexibility index (Phi) is 8.95. The average Bonchev–Trinajstić information content (AvgIpc) is 2.39. The molecule has 21 heavy (non-hydrogen) atoms. The van der Waals surface area contributed by atoms with Crippen LogP contribution >= 0.6 is 0 Å². The smallest absolute Gasteiger partial charge is 0.339 e. The van der Waals surface area contributed by atoms with Crippen molar-refractivity contribution in [3.05, 3.63) is 0 Å². The van der Waals surface area contributed by atoms with Gasteiger partial charge in [0.2, 0.25) is 0 Å². The molecule has 1 unspecified atom stereocenters. The molecule has 8 nitrogen and oxygen atoms in total. The lowest BCUT2D eigenvalue weighted by Crippen LogP contribution is -2.47. The summed E-state index contributed by atoms with van der Waals surface area (Å²) in [5.74, 6) is -2.61. The van der Waals surface area contributed by atoms with Crippen LogP contribution in [0.25, 0.3) is 0 Å². The van der Waals surface area contributed by atoms with Gasteiger partial charge in [0.1, 0.15) is 0 Å². The molecule has 0 heterocycles. The second kappa shape index (κ2) is 9.87. The first-order valence-corrected chi connectivity index (χ1v) is 6.55. The first kappa shape index (κ1) is 19.0. The minimum absolute atomic E-state index is 0.0409. The molecule has 120 valence electrons. The third-order valence-corrected chi connectivity index (χ3v) is 2.41. The lowest BCUT2D eigenvalue weighted by molar-refractivity contribution is -0.184. The molecule has 0 aliphatic carbocycles. The Morgan fingerprint density at radius 3 is 1.95 bits per heavy atom. The summed E-state index contributed by atoms with van der Waals surface area (Å²) in [5, 5.41) is 0. The standard InChI is InChI=1S/C13H20O8/c1-4-18-10(15)7-13(21-6-3,12(17)19-5-2)8-11(16)20-9-14/h9H,4-8H2,1-3H3. The zero-order chi connectivity index (χ0) is 16.3. The summed E-state index contributed by atoms with van der Waals surface area (Å²) in [5.41, 5.74) is -1.86. The number of hydrogen-bond donors (Lipinski definition) is 0. The maximum Gasteiger partial charge on any atom is 0.339 e. The van der Waals surface area contributed by atoms with Crippen LogP contribution in [0.1, 0.15) is 33.6 Å².